The van der Waals surface area contributed by atoms with Gasteiger partial charge in [0.1, 0.15) is 0 Å². The van der Waals surface area contributed by atoms with Gasteiger partial charge in [-0.2, -0.15) is 0 Å². The summed E-state index contributed by atoms with van der Waals surface area (Å²) in [7, 11) is 0. The van der Waals surface area contributed by atoms with Gasteiger partial charge in [-0.25, -0.2) is 0 Å². The Morgan fingerprint density at radius 3 is 2.08 bits per heavy atom. The van der Waals surface area contributed by atoms with Crippen LogP contribution in [0, 0.1) is 5.92 Å². The summed E-state index contributed by atoms with van der Waals surface area (Å²) in [4.78, 5) is 25.6. The number of rotatable bonds is 4. The summed E-state index contributed by atoms with van der Waals surface area (Å²) in [5.74, 6) is -0.725. The average Bonchev–Trinajstić information content (AvgIpc) is 2.92. The molecule has 1 aliphatic heterocycles. The maximum atomic E-state index is 12.6. The van der Waals surface area contributed by atoms with E-state index in [1.165, 1.54) is 12.8 Å². The SMILES string of the molecule is O=C(O)C1CCC(Nc2ccc(C(=O)N3CCCCCC3)cc2)CC1. The molecule has 25 heavy (non-hydrogen) atoms. The molecule has 2 fully saturated rings. The molecule has 1 amide bonds. The van der Waals surface area contributed by atoms with Crippen LogP contribution in [0.2, 0.25) is 0 Å². The van der Waals surface area contributed by atoms with E-state index >= 15 is 0 Å². The molecule has 1 saturated carbocycles. The molecule has 1 aromatic rings. The first kappa shape index (κ1) is 17.8. The third kappa shape index (κ3) is 4.74. The summed E-state index contributed by atoms with van der Waals surface area (Å²) in [5, 5.41) is 12.5. The Balaban J connectivity index is 1.53. The molecular formula is C20H28N2O3. The van der Waals surface area contributed by atoms with Crippen molar-refractivity contribution in [2.24, 2.45) is 5.92 Å². The number of amides is 1. The third-order valence-electron chi connectivity index (χ3n) is 5.47. The second kappa shape index (κ2) is 8.37. The zero-order chi connectivity index (χ0) is 17.6. The van der Waals surface area contributed by atoms with E-state index in [2.05, 4.69) is 5.32 Å². The van der Waals surface area contributed by atoms with Crippen molar-refractivity contribution in [1.82, 2.24) is 4.90 Å². The third-order valence-corrected chi connectivity index (χ3v) is 5.47. The van der Waals surface area contributed by atoms with Crippen molar-refractivity contribution in [2.75, 3.05) is 18.4 Å². The molecule has 0 spiro atoms. The highest BCUT2D eigenvalue weighted by atomic mass is 16.4. The molecule has 136 valence electrons. The van der Waals surface area contributed by atoms with Crippen molar-refractivity contribution in [3.8, 4) is 0 Å². The standard InChI is InChI=1S/C20H28N2O3/c23-19(22-13-3-1-2-4-14-22)15-5-9-17(10-6-15)21-18-11-7-16(8-12-18)20(24)25/h5-6,9-10,16,18,21H,1-4,7-8,11-14H2,(H,24,25). The van der Waals surface area contributed by atoms with Gasteiger partial charge in [0.2, 0.25) is 0 Å². The molecule has 0 bridgehead atoms. The van der Waals surface area contributed by atoms with Crippen molar-refractivity contribution in [3.05, 3.63) is 29.8 Å². The highest BCUT2D eigenvalue weighted by Gasteiger charge is 2.25. The minimum atomic E-state index is -0.671. The fraction of sp³-hybridized carbons (Fsp3) is 0.600. The minimum absolute atomic E-state index is 0.135. The fourth-order valence-electron chi connectivity index (χ4n) is 3.89. The van der Waals surface area contributed by atoms with Crippen LogP contribution >= 0.6 is 0 Å². The summed E-state index contributed by atoms with van der Waals surface area (Å²) in [6.45, 7) is 1.73. The zero-order valence-electron chi connectivity index (χ0n) is 14.7. The monoisotopic (exact) mass is 344 g/mol. The van der Waals surface area contributed by atoms with E-state index in [4.69, 9.17) is 5.11 Å². The molecule has 1 saturated heterocycles. The van der Waals surface area contributed by atoms with Gasteiger partial charge in [-0.1, -0.05) is 12.8 Å². The van der Waals surface area contributed by atoms with Gasteiger partial charge in [0.15, 0.2) is 0 Å². The van der Waals surface area contributed by atoms with Crippen molar-refractivity contribution in [2.45, 2.75) is 57.4 Å². The zero-order valence-corrected chi connectivity index (χ0v) is 14.7. The Labute approximate surface area is 149 Å². The van der Waals surface area contributed by atoms with Gasteiger partial charge in [0.05, 0.1) is 5.92 Å². The first-order valence-corrected chi connectivity index (χ1v) is 9.52. The Morgan fingerprint density at radius 2 is 1.52 bits per heavy atom. The van der Waals surface area contributed by atoms with Crippen molar-refractivity contribution in [1.29, 1.82) is 0 Å². The van der Waals surface area contributed by atoms with Crippen molar-refractivity contribution >= 4 is 17.6 Å². The van der Waals surface area contributed by atoms with Crippen LogP contribution in [0.15, 0.2) is 24.3 Å². The van der Waals surface area contributed by atoms with Crippen LogP contribution in [0.1, 0.15) is 61.7 Å². The van der Waals surface area contributed by atoms with Gasteiger partial charge < -0.3 is 15.3 Å². The van der Waals surface area contributed by atoms with Gasteiger partial charge in [-0.05, 0) is 62.8 Å². The normalized spacial score (nSPS) is 24.4. The molecule has 5 heteroatoms. The highest BCUT2D eigenvalue weighted by molar-refractivity contribution is 5.94. The van der Waals surface area contributed by atoms with E-state index in [0.29, 0.717) is 6.04 Å². The molecule has 1 aromatic carbocycles. The predicted molar refractivity (Wildman–Crippen MR) is 97.8 cm³/mol. The lowest BCUT2D eigenvalue weighted by Gasteiger charge is -2.27. The lowest BCUT2D eigenvalue weighted by Crippen LogP contribution is -2.31. The van der Waals surface area contributed by atoms with Crippen LogP contribution in [0.5, 0.6) is 0 Å². The summed E-state index contributed by atoms with van der Waals surface area (Å²) >= 11 is 0. The molecule has 3 rings (SSSR count). The minimum Gasteiger partial charge on any atom is -0.481 e. The van der Waals surface area contributed by atoms with E-state index in [0.717, 1.165) is 62.9 Å². The molecule has 2 aliphatic rings. The van der Waals surface area contributed by atoms with E-state index in [1.807, 2.05) is 29.2 Å². The number of carboxylic acid groups (broad SMARTS) is 1. The molecule has 1 heterocycles. The number of hydrogen-bond donors (Lipinski definition) is 2. The van der Waals surface area contributed by atoms with Crippen LogP contribution in [0.25, 0.3) is 0 Å². The smallest absolute Gasteiger partial charge is 0.306 e. The molecule has 0 aromatic heterocycles. The number of nitrogens with one attached hydrogen (secondary N) is 1. The van der Waals surface area contributed by atoms with Gasteiger partial charge in [-0.3, -0.25) is 9.59 Å². The molecule has 1 aliphatic carbocycles. The van der Waals surface area contributed by atoms with Crippen molar-refractivity contribution in [3.63, 3.8) is 0 Å². The van der Waals surface area contributed by atoms with E-state index in [-0.39, 0.29) is 11.8 Å². The first-order valence-electron chi connectivity index (χ1n) is 9.52. The van der Waals surface area contributed by atoms with Crippen LogP contribution in [0.3, 0.4) is 0 Å². The fourth-order valence-corrected chi connectivity index (χ4v) is 3.89. The maximum Gasteiger partial charge on any atom is 0.306 e. The molecule has 0 unspecified atom stereocenters. The molecular weight excluding hydrogens is 316 g/mol. The number of aliphatic carboxylic acids is 1. The molecule has 0 radical (unpaired) electrons. The topological polar surface area (TPSA) is 69.6 Å². The number of carboxylic acids is 1. The number of hydrogen-bond acceptors (Lipinski definition) is 3. The number of anilines is 1. The second-order valence-corrected chi connectivity index (χ2v) is 7.31. The number of likely N-dealkylation sites (tertiary alicyclic amines) is 1. The Kier molecular flexibility index (Phi) is 5.95. The molecule has 0 atom stereocenters. The Morgan fingerprint density at radius 1 is 0.920 bits per heavy atom. The lowest BCUT2D eigenvalue weighted by molar-refractivity contribution is -0.142. The average molecular weight is 344 g/mol. The van der Waals surface area contributed by atoms with E-state index in [9.17, 15) is 9.59 Å². The van der Waals surface area contributed by atoms with Crippen molar-refractivity contribution < 1.29 is 14.7 Å². The quantitative estimate of drug-likeness (QED) is 0.872. The number of carbonyl (C=O) groups is 2. The Hall–Kier alpha value is -2.04. The summed E-state index contributed by atoms with van der Waals surface area (Å²) in [5.41, 5.74) is 1.76. The second-order valence-electron chi connectivity index (χ2n) is 7.31. The molecule has 2 N–H and O–H groups in total. The van der Waals surface area contributed by atoms with Gasteiger partial charge >= 0.3 is 5.97 Å². The molecule has 5 nitrogen and oxygen atoms in total. The number of nitrogens with zero attached hydrogens (tertiary/aromatic N) is 1. The largest absolute Gasteiger partial charge is 0.481 e. The summed E-state index contributed by atoms with van der Waals surface area (Å²) in [6, 6.07) is 8.06. The van der Waals surface area contributed by atoms with Crippen LogP contribution < -0.4 is 5.32 Å². The van der Waals surface area contributed by atoms with Crippen LogP contribution in [-0.4, -0.2) is 41.0 Å². The van der Waals surface area contributed by atoms with Gasteiger partial charge in [-0.15, -0.1) is 0 Å². The van der Waals surface area contributed by atoms with Gasteiger partial charge in [0.25, 0.3) is 5.91 Å². The number of benzene rings is 1. The first-order chi connectivity index (χ1) is 12.1. The predicted octanol–water partition coefficient (Wildman–Crippen LogP) is 3.76. The van der Waals surface area contributed by atoms with Gasteiger partial charge in [0, 0.05) is 30.4 Å². The highest BCUT2D eigenvalue weighted by Crippen LogP contribution is 2.27. The Bertz CT molecular complexity index is 583. The number of carbonyl (C=O) groups excluding carboxylic acids is 1. The van der Waals surface area contributed by atoms with E-state index in [1.54, 1.807) is 0 Å². The summed E-state index contributed by atoms with van der Waals surface area (Å²) < 4.78 is 0. The van der Waals surface area contributed by atoms with Crippen LogP contribution in [0.4, 0.5) is 5.69 Å². The van der Waals surface area contributed by atoms with E-state index < -0.39 is 5.97 Å². The maximum absolute atomic E-state index is 12.6. The van der Waals surface area contributed by atoms with Crippen LogP contribution in [-0.2, 0) is 4.79 Å². The lowest BCUT2D eigenvalue weighted by atomic mass is 9.86. The summed E-state index contributed by atoms with van der Waals surface area (Å²) in [6.07, 6.45) is 7.87.